The van der Waals surface area contributed by atoms with Crippen LogP contribution in [-0.2, 0) is 4.79 Å². The summed E-state index contributed by atoms with van der Waals surface area (Å²) < 4.78 is 0. The molecule has 1 atom stereocenters. The lowest BCUT2D eigenvalue weighted by atomic mass is 9.98. The third kappa shape index (κ3) is 4.13. The van der Waals surface area contributed by atoms with Gasteiger partial charge < -0.3 is 4.79 Å². The Morgan fingerprint density at radius 3 is 2.62 bits per heavy atom. The zero-order valence-electron chi connectivity index (χ0n) is 10.7. The second kappa shape index (κ2) is 5.78. The smallest absolute Gasteiger partial charge is 0.129 e. The normalized spacial score (nSPS) is 12.5. The number of hydrogen-bond donors (Lipinski definition) is 0. The van der Waals surface area contributed by atoms with Crippen molar-refractivity contribution in [1.82, 2.24) is 4.98 Å². The average Bonchev–Trinajstić information content (AvgIpc) is 2.15. The van der Waals surface area contributed by atoms with Gasteiger partial charge in [0.25, 0.3) is 0 Å². The van der Waals surface area contributed by atoms with Gasteiger partial charge in [-0.1, -0.05) is 6.92 Å². The maximum atomic E-state index is 10.9. The molecule has 1 unspecified atom stereocenters. The van der Waals surface area contributed by atoms with Gasteiger partial charge in [-0.25, -0.2) is 0 Å². The number of nitrogens with zero attached hydrogens (tertiary/aromatic N) is 1. The monoisotopic (exact) mass is 219 g/mol. The lowest BCUT2D eigenvalue weighted by Gasteiger charge is -2.12. The molecule has 0 saturated heterocycles. The fraction of sp³-hybridized carbons (Fsp3) is 0.571. The summed E-state index contributed by atoms with van der Waals surface area (Å²) in [7, 11) is 0. The Bertz CT molecular complexity index is 351. The van der Waals surface area contributed by atoms with Crippen LogP contribution in [0.2, 0.25) is 0 Å². The molecule has 2 heteroatoms. The SMILES string of the molecule is CC(=O)CCCC(C)c1cc(C)cc(C)n1. The van der Waals surface area contributed by atoms with E-state index in [4.69, 9.17) is 0 Å². The van der Waals surface area contributed by atoms with Gasteiger partial charge in [-0.15, -0.1) is 0 Å². The van der Waals surface area contributed by atoms with Crippen LogP contribution in [0.3, 0.4) is 0 Å². The number of rotatable bonds is 5. The number of pyridine rings is 1. The van der Waals surface area contributed by atoms with Gasteiger partial charge in [0, 0.05) is 17.8 Å². The molecule has 1 aromatic heterocycles. The number of carbonyl (C=O) groups is 1. The van der Waals surface area contributed by atoms with E-state index < -0.39 is 0 Å². The molecule has 0 bridgehead atoms. The predicted molar refractivity (Wildman–Crippen MR) is 66.7 cm³/mol. The molecular formula is C14H21NO. The third-order valence-corrected chi connectivity index (χ3v) is 2.79. The molecule has 0 saturated carbocycles. The van der Waals surface area contributed by atoms with Crippen molar-refractivity contribution in [2.75, 3.05) is 0 Å². The molecular weight excluding hydrogens is 198 g/mol. The van der Waals surface area contributed by atoms with E-state index in [2.05, 4.69) is 31.0 Å². The molecule has 1 aromatic rings. The highest BCUT2D eigenvalue weighted by Gasteiger charge is 2.08. The molecule has 0 fully saturated rings. The lowest BCUT2D eigenvalue weighted by Crippen LogP contribution is -2.01. The Kier molecular flexibility index (Phi) is 4.66. The standard InChI is InChI=1S/C14H21NO/c1-10-8-12(3)15-14(9-10)11(2)6-5-7-13(4)16/h8-9,11H,5-7H2,1-4H3. The van der Waals surface area contributed by atoms with Crippen molar-refractivity contribution in [3.05, 3.63) is 29.1 Å². The maximum Gasteiger partial charge on any atom is 0.129 e. The first kappa shape index (κ1) is 12.9. The first-order chi connectivity index (χ1) is 7.49. The molecule has 0 aromatic carbocycles. The molecule has 0 aliphatic rings. The zero-order valence-corrected chi connectivity index (χ0v) is 10.7. The van der Waals surface area contributed by atoms with Crippen molar-refractivity contribution in [2.24, 2.45) is 0 Å². The van der Waals surface area contributed by atoms with Crippen molar-refractivity contribution in [1.29, 1.82) is 0 Å². The minimum atomic E-state index is 0.278. The third-order valence-electron chi connectivity index (χ3n) is 2.79. The second-order valence-corrected chi connectivity index (χ2v) is 4.71. The molecule has 0 radical (unpaired) electrons. The summed E-state index contributed by atoms with van der Waals surface area (Å²) in [5.41, 5.74) is 3.50. The summed E-state index contributed by atoms with van der Waals surface area (Å²) in [6, 6.07) is 4.23. The van der Waals surface area contributed by atoms with Crippen molar-refractivity contribution in [3.8, 4) is 0 Å². The van der Waals surface area contributed by atoms with E-state index in [1.165, 1.54) is 5.56 Å². The van der Waals surface area contributed by atoms with Gasteiger partial charge in [-0.2, -0.15) is 0 Å². The number of ketones is 1. The Morgan fingerprint density at radius 1 is 1.38 bits per heavy atom. The predicted octanol–water partition coefficient (Wildman–Crippen LogP) is 3.56. The van der Waals surface area contributed by atoms with Crippen molar-refractivity contribution in [3.63, 3.8) is 0 Å². The van der Waals surface area contributed by atoms with Crippen LogP contribution in [0.5, 0.6) is 0 Å². The maximum absolute atomic E-state index is 10.9. The van der Waals surface area contributed by atoms with Crippen molar-refractivity contribution in [2.45, 2.75) is 52.9 Å². The Morgan fingerprint density at radius 2 is 2.06 bits per heavy atom. The van der Waals surface area contributed by atoms with Gasteiger partial charge in [-0.05, 0) is 57.2 Å². The van der Waals surface area contributed by atoms with Crippen molar-refractivity contribution >= 4 is 5.78 Å². The van der Waals surface area contributed by atoms with Crippen LogP contribution in [0.25, 0.3) is 0 Å². The van der Waals surface area contributed by atoms with Crippen LogP contribution in [0.15, 0.2) is 12.1 Å². The van der Waals surface area contributed by atoms with Gasteiger partial charge in [0.15, 0.2) is 0 Å². The summed E-state index contributed by atoms with van der Waals surface area (Å²) in [6.07, 6.45) is 2.69. The summed E-state index contributed by atoms with van der Waals surface area (Å²) in [5.74, 6) is 0.721. The van der Waals surface area contributed by atoms with E-state index in [0.717, 1.165) is 24.2 Å². The van der Waals surface area contributed by atoms with E-state index in [9.17, 15) is 4.79 Å². The quantitative estimate of drug-likeness (QED) is 0.758. The Labute approximate surface area is 98.1 Å². The molecule has 0 N–H and O–H groups in total. The van der Waals surface area contributed by atoms with E-state index in [-0.39, 0.29) is 5.78 Å². The van der Waals surface area contributed by atoms with Crippen LogP contribution in [0.4, 0.5) is 0 Å². The van der Waals surface area contributed by atoms with Crippen LogP contribution < -0.4 is 0 Å². The summed E-state index contributed by atoms with van der Waals surface area (Å²) >= 11 is 0. The topological polar surface area (TPSA) is 30.0 Å². The Balaban J connectivity index is 2.58. The molecule has 0 aliphatic carbocycles. The van der Waals surface area contributed by atoms with Crippen LogP contribution in [0.1, 0.15) is 56.0 Å². The molecule has 2 nitrogen and oxygen atoms in total. The minimum absolute atomic E-state index is 0.278. The molecule has 1 rings (SSSR count). The first-order valence-electron chi connectivity index (χ1n) is 5.93. The van der Waals surface area contributed by atoms with E-state index in [1.54, 1.807) is 6.92 Å². The molecule has 16 heavy (non-hydrogen) atoms. The van der Waals surface area contributed by atoms with Gasteiger partial charge in [-0.3, -0.25) is 4.98 Å². The number of aromatic nitrogens is 1. The summed E-state index contributed by atoms with van der Waals surface area (Å²) in [5, 5.41) is 0. The fourth-order valence-corrected chi connectivity index (χ4v) is 1.93. The van der Waals surface area contributed by atoms with Gasteiger partial charge in [0.1, 0.15) is 5.78 Å². The van der Waals surface area contributed by atoms with Crippen LogP contribution in [0, 0.1) is 13.8 Å². The fourth-order valence-electron chi connectivity index (χ4n) is 1.93. The van der Waals surface area contributed by atoms with Gasteiger partial charge >= 0.3 is 0 Å². The van der Waals surface area contributed by atoms with E-state index >= 15 is 0 Å². The zero-order chi connectivity index (χ0) is 12.1. The lowest BCUT2D eigenvalue weighted by molar-refractivity contribution is -0.117. The highest BCUT2D eigenvalue weighted by atomic mass is 16.1. The van der Waals surface area contributed by atoms with Gasteiger partial charge in [0.05, 0.1) is 0 Å². The molecule has 1 heterocycles. The van der Waals surface area contributed by atoms with E-state index in [1.807, 2.05) is 6.92 Å². The van der Waals surface area contributed by atoms with Gasteiger partial charge in [0.2, 0.25) is 0 Å². The van der Waals surface area contributed by atoms with Crippen LogP contribution in [-0.4, -0.2) is 10.8 Å². The first-order valence-corrected chi connectivity index (χ1v) is 5.93. The summed E-state index contributed by atoms with van der Waals surface area (Å²) in [4.78, 5) is 15.4. The number of carbonyl (C=O) groups excluding carboxylic acids is 1. The molecule has 88 valence electrons. The van der Waals surface area contributed by atoms with Crippen molar-refractivity contribution < 1.29 is 4.79 Å². The molecule has 0 aliphatic heterocycles. The van der Waals surface area contributed by atoms with Crippen LogP contribution >= 0.6 is 0 Å². The minimum Gasteiger partial charge on any atom is -0.300 e. The highest BCUT2D eigenvalue weighted by Crippen LogP contribution is 2.21. The number of aryl methyl sites for hydroxylation is 2. The number of Topliss-reactive ketones (excluding diaryl/α,β-unsaturated/α-hetero) is 1. The molecule has 0 amide bonds. The highest BCUT2D eigenvalue weighted by molar-refractivity contribution is 5.75. The second-order valence-electron chi connectivity index (χ2n) is 4.71. The summed E-state index contributed by atoms with van der Waals surface area (Å²) in [6.45, 7) is 7.96. The average molecular weight is 219 g/mol. The number of hydrogen-bond acceptors (Lipinski definition) is 2. The largest absolute Gasteiger partial charge is 0.300 e. The van der Waals surface area contributed by atoms with E-state index in [0.29, 0.717) is 12.3 Å². The molecule has 0 spiro atoms. The Hall–Kier alpha value is -1.18.